The smallest absolute Gasteiger partial charge is 0.0522 e. The lowest BCUT2D eigenvalue weighted by Gasteiger charge is -2.25. The number of aryl methyl sites for hydroxylation is 1. The highest BCUT2D eigenvalue weighted by Crippen LogP contribution is 2.25. The maximum Gasteiger partial charge on any atom is 0.0522 e. The van der Waals surface area contributed by atoms with Crippen LogP contribution in [0, 0.1) is 0 Å². The van der Waals surface area contributed by atoms with Crippen LogP contribution in [0.2, 0.25) is 0 Å². The average Bonchev–Trinajstić information content (AvgIpc) is 2.85. The van der Waals surface area contributed by atoms with Gasteiger partial charge in [0.2, 0.25) is 0 Å². The number of hydrazine groups is 1. The van der Waals surface area contributed by atoms with Gasteiger partial charge in [-0.2, -0.15) is 5.10 Å². The van der Waals surface area contributed by atoms with E-state index in [0.29, 0.717) is 5.92 Å². The van der Waals surface area contributed by atoms with E-state index in [1.807, 2.05) is 30.2 Å². The van der Waals surface area contributed by atoms with Crippen LogP contribution < -0.4 is 11.3 Å². The van der Waals surface area contributed by atoms with Gasteiger partial charge < -0.3 is 0 Å². The number of hydrogen-bond acceptors (Lipinski definition) is 3. The van der Waals surface area contributed by atoms with E-state index >= 15 is 0 Å². The van der Waals surface area contributed by atoms with Crippen LogP contribution >= 0.6 is 0 Å². The van der Waals surface area contributed by atoms with Crippen molar-refractivity contribution in [2.75, 3.05) is 0 Å². The standard InChI is InChI=1S/C15H22N4/c1-3-14(13-7-5-4-6-8-13)15(18-16)9-12-10-17-19(2)11-12/h4-8,10-11,14-15,18H,3,9,16H2,1-2H3. The van der Waals surface area contributed by atoms with Crippen molar-refractivity contribution in [2.45, 2.75) is 31.7 Å². The van der Waals surface area contributed by atoms with Gasteiger partial charge >= 0.3 is 0 Å². The first-order valence-electron chi connectivity index (χ1n) is 6.73. The van der Waals surface area contributed by atoms with E-state index in [-0.39, 0.29) is 6.04 Å². The van der Waals surface area contributed by atoms with E-state index in [1.54, 1.807) is 0 Å². The molecule has 4 heteroatoms. The van der Waals surface area contributed by atoms with Gasteiger partial charge in [-0.25, -0.2) is 0 Å². The predicted octanol–water partition coefficient (Wildman–Crippen LogP) is 1.99. The van der Waals surface area contributed by atoms with Gasteiger partial charge in [0.1, 0.15) is 0 Å². The summed E-state index contributed by atoms with van der Waals surface area (Å²) in [7, 11) is 1.93. The molecule has 0 amide bonds. The average molecular weight is 258 g/mol. The molecule has 3 N–H and O–H groups in total. The molecule has 2 rings (SSSR count). The Morgan fingerprint density at radius 1 is 1.32 bits per heavy atom. The first-order chi connectivity index (χ1) is 9.24. The van der Waals surface area contributed by atoms with Crippen molar-refractivity contribution in [3.05, 3.63) is 53.9 Å². The number of nitrogens with two attached hydrogens (primary N) is 1. The summed E-state index contributed by atoms with van der Waals surface area (Å²) in [6.07, 6.45) is 5.89. The topological polar surface area (TPSA) is 55.9 Å². The molecule has 0 saturated carbocycles. The Morgan fingerprint density at radius 3 is 2.58 bits per heavy atom. The molecular formula is C15H22N4. The summed E-state index contributed by atoms with van der Waals surface area (Å²) in [5, 5.41) is 4.21. The molecule has 0 aliphatic heterocycles. The molecular weight excluding hydrogens is 236 g/mol. The highest BCUT2D eigenvalue weighted by atomic mass is 15.2. The molecule has 0 aliphatic carbocycles. The molecule has 1 heterocycles. The highest BCUT2D eigenvalue weighted by Gasteiger charge is 2.21. The van der Waals surface area contributed by atoms with E-state index in [9.17, 15) is 0 Å². The van der Waals surface area contributed by atoms with Gasteiger partial charge in [0.25, 0.3) is 0 Å². The number of hydrogen-bond donors (Lipinski definition) is 2. The predicted molar refractivity (Wildman–Crippen MR) is 77.5 cm³/mol. The molecule has 0 radical (unpaired) electrons. The fourth-order valence-electron chi connectivity index (χ4n) is 2.60. The molecule has 1 aromatic carbocycles. The lowest BCUT2D eigenvalue weighted by Crippen LogP contribution is -2.41. The third-order valence-corrected chi connectivity index (χ3v) is 3.58. The van der Waals surface area contributed by atoms with Gasteiger partial charge in [0.15, 0.2) is 0 Å². The van der Waals surface area contributed by atoms with Crippen LogP contribution in [0.1, 0.15) is 30.4 Å². The van der Waals surface area contributed by atoms with Crippen molar-refractivity contribution in [3.8, 4) is 0 Å². The molecule has 0 spiro atoms. The normalized spacial score (nSPS) is 14.3. The Morgan fingerprint density at radius 2 is 2.05 bits per heavy atom. The summed E-state index contributed by atoms with van der Waals surface area (Å²) in [5.74, 6) is 6.17. The van der Waals surface area contributed by atoms with Crippen molar-refractivity contribution in [1.82, 2.24) is 15.2 Å². The van der Waals surface area contributed by atoms with Crippen LogP contribution in [0.5, 0.6) is 0 Å². The molecule has 102 valence electrons. The van der Waals surface area contributed by atoms with E-state index < -0.39 is 0 Å². The molecule has 4 nitrogen and oxygen atoms in total. The minimum absolute atomic E-state index is 0.219. The minimum atomic E-state index is 0.219. The van der Waals surface area contributed by atoms with E-state index in [1.165, 1.54) is 11.1 Å². The van der Waals surface area contributed by atoms with Gasteiger partial charge in [-0.1, -0.05) is 37.3 Å². The van der Waals surface area contributed by atoms with Crippen molar-refractivity contribution < 1.29 is 0 Å². The van der Waals surface area contributed by atoms with Crippen molar-refractivity contribution in [3.63, 3.8) is 0 Å². The lowest BCUT2D eigenvalue weighted by atomic mass is 9.86. The first-order valence-corrected chi connectivity index (χ1v) is 6.73. The van der Waals surface area contributed by atoms with Gasteiger partial charge in [-0.3, -0.25) is 16.0 Å². The number of rotatable bonds is 6. The van der Waals surface area contributed by atoms with Crippen LogP contribution in [0.25, 0.3) is 0 Å². The SMILES string of the molecule is CCC(c1ccccc1)C(Cc1cnn(C)c1)NN. The van der Waals surface area contributed by atoms with E-state index in [4.69, 9.17) is 5.84 Å². The van der Waals surface area contributed by atoms with Crippen molar-refractivity contribution in [2.24, 2.45) is 12.9 Å². The Labute approximate surface area is 114 Å². The lowest BCUT2D eigenvalue weighted by molar-refractivity contribution is 0.427. The summed E-state index contributed by atoms with van der Waals surface area (Å²) < 4.78 is 1.83. The maximum atomic E-state index is 5.76. The van der Waals surface area contributed by atoms with Crippen molar-refractivity contribution >= 4 is 0 Å². The zero-order valence-corrected chi connectivity index (χ0v) is 11.6. The molecule has 1 aromatic heterocycles. The summed E-state index contributed by atoms with van der Waals surface area (Å²) in [4.78, 5) is 0. The Balaban J connectivity index is 2.15. The Bertz CT molecular complexity index is 492. The fourth-order valence-corrected chi connectivity index (χ4v) is 2.60. The minimum Gasteiger partial charge on any atom is -0.276 e. The second-order valence-electron chi connectivity index (χ2n) is 4.92. The number of aromatic nitrogens is 2. The zero-order valence-electron chi connectivity index (χ0n) is 11.6. The summed E-state index contributed by atoms with van der Waals surface area (Å²) >= 11 is 0. The number of benzene rings is 1. The molecule has 0 bridgehead atoms. The second-order valence-corrected chi connectivity index (χ2v) is 4.92. The van der Waals surface area contributed by atoms with Crippen LogP contribution in [0.15, 0.2) is 42.7 Å². The molecule has 19 heavy (non-hydrogen) atoms. The van der Waals surface area contributed by atoms with Gasteiger partial charge in [-0.05, 0) is 24.0 Å². The van der Waals surface area contributed by atoms with E-state index in [2.05, 4.69) is 41.7 Å². The number of nitrogens with one attached hydrogen (secondary N) is 1. The van der Waals surface area contributed by atoms with Crippen LogP contribution in [0.4, 0.5) is 0 Å². The Hall–Kier alpha value is -1.65. The summed E-state index contributed by atoms with van der Waals surface area (Å²) in [6, 6.07) is 10.8. The molecule has 0 aliphatic rings. The summed E-state index contributed by atoms with van der Waals surface area (Å²) in [6.45, 7) is 2.20. The van der Waals surface area contributed by atoms with E-state index in [0.717, 1.165) is 12.8 Å². The molecule has 2 aromatic rings. The highest BCUT2D eigenvalue weighted by molar-refractivity contribution is 5.22. The number of nitrogens with zero attached hydrogens (tertiary/aromatic N) is 2. The molecule has 0 fully saturated rings. The summed E-state index contributed by atoms with van der Waals surface area (Å²) in [5.41, 5.74) is 5.51. The van der Waals surface area contributed by atoms with Crippen LogP contribution in [-0.4, -0.2) is 15.8 Å². The van der Waals surface area contributed by atoms with Gasteiger partial charge in [0.05, 0.1) is 6.20 Å². The monoisotopic (exact) mass is 258 g/mol. The third-order valence-electron chi connectivity index (χ3n) is 3.58. The van der Waals surface area contributed by atoms with Crippen LogP contribution in [0.3, 0.4) is 0 Å². The second kappa shape index (κ2) is 6.50. The third kappa shape index (κ3) is 3.43. The largest absolute Gasteiger partial charge is 0.276 e. The molecule has 0 saturated heterocycles. The van der Waals surface area contributed by atoms with Gasteiger partial charge in [0, 0.05) is 25.2 Å². The quantitative estimate of drug-likeness (QED) is 0.615. The molecule has 2 atom stereocenters. The zero-order chi connectivity index (χ0) is 13.7. The maximum absolute atomic E-state index is 5.76. The fraction of sp³-hybridized carbons (Fsp3) is 0.400. The Kier molecular flexibility index (Phi) is 4.71. The first kappa shape index (κ1) is 13.8. The van der Waals surface area contributed by atoms with Crippen LogP contribution in [-0.2, 0) is 13.5 Å². The molecule has 2 unspecified atom stereocenters. The van der Waals surface area contributed by atoms with Crippen molar-refractivity contribution in [1.29, 1.82) is 0 Å². The van der Waals surface area contributed by atoms with Gasteiger partial charge in [-0.15, -0.1) is 0 Å².